The van der Waals surface area contributed by atoms with E-state index in [0.29, 0.717) is 0 Å². The summed E-state index contributed by atoms with van der Waals surface area (Å²) in [6, 6.07) is 4.91. The van der Waals surface area contributed by atoms with Gasteiger partial charge < -0.3 is 5.32 Å². The molecule has 14 heteroatoms. The van der Waals surface area contributed by atoms with Gasteiger partial charge >= 0.3 is 6.18 Å². The first kappa shape index (κ1) is 24.9. The van der Waals surface area contributed by atoms with Gasteiger partial charge in [-0.05, 0) is 30.3 Å². The Morgan fingerprint density at radius 1 is 1.18 bits per heavy atom. The van der Waals surface area contributed by atoms with Gasteiger partial charge in [0, 0.05) is 31.0 Å². The summed E-state index contributed by atoms with van der Waals surface area (Å²) in [5, 5.41) is 9.06. The maximum atomic E-state index is 13.9. The molecule has 0 fully saturated rings. The number of nitrogens with zero attached hydrogens (tertiary/aromatic N) is 2. The first-order valence-electron chi connectivity index (χ1n) is 9.05. The van der Waals surface area contributed by atoms with Crippen molar-refractivity contribution >= 4 is 38.9 Å². The van der Waals surface area contributed by atoms with Crippen molar-refractivity contribution in [2.24, 2.45) is 5.14 Å². The normalized spacial score (nSPS) is 15.0. The number of carbonyl (C=O) groups is 1. The zero-order chi connectivity index (χ0) is 24.7. The molecule has 0 bridgehead atoms. The number of rotatable bonds is 5. The lowest BCUT2D eigenvalue weighted by Crippen LogP contribution is -2.33. The number of sulfonamides is 1. The second kappa shape index (κ2) is 8.89. The summed E-state index contributed by atoms with van der Waals surface area (Å²) in [5.41, 5.74) is -1.59. The molecule has 0 radical (unpaired) electrons. The van der Waals surface area contributed by atoms with E-state index in [1.54, 1.807) is 0 Å². The highest BCUT2D eigenvalue weighted by atomic mass is 35.5. The summed E-state index contributed by atoms with van der Waals surface area (Å²) in [6.45, 7) is -0.522. The third kappa shape index (κ3) is 5.43. The molecule has 1 aliphatic heterocycles. The number of hydrogen-bond acceptors (Lipinski definition) is 5. The lowest BCUT2D eigenvalue weighted by Gasteiger charge is -2.27. The Kier molecular flexibility index (Phi) is 6.71. The van der Waals surface area contributed by atoms with E-state index in [1.165, 1.54) is 13.1 Å². The largest absolute Gasteiger partial charge is 0.415 e. The summed E-state index contributed by atoms with van der Waals surface area (Å²) < 4.78 is 90.9. The van der Waals surface area contributed by atoms with Gasteiger partial charge in [-0.2, -0.15) is 13.2 Å². The predicted octanol–water partition coefficient (Wildman–Crippen LogP) is 3.56. The Morgan fingerprint density at radius 3 is 2.39 bits per heavy atom. The third-order valence-electron chi connectivity index (χ3n) is 4.68. The molecule has 3 rings (SSSR count). The van der Waals surface area contributed by atoms with E-state index in [0.717, 1.165) is 40.5 Å². The quantitative estimate of drug-likeness (QED) is 0.474. The topological polar surface area (TPSA) is 95.7 Å². The van der Waals surface area contributed by atoms with Gasteiger partial charge in [0.25, 0.3) is 0 Å². The maximum Gasteiger partial charge on any atom is 0.415 e. The van der Waals surface area contributed by atoms with Crippen LogP contribution in [0.3, 0.4) is 0 Å². The van der Waals surface area contributed by atoms with E-state index in [-0.39, 0.29) is 11.4 Å². The van der Waals surface area contributed by atoms with Gasteiger partial charge in [-0.15, -0.1) is 0 Å². The van der Waals surface area contributed by atoms with E-state index in [4.69, 9.17) is 16.7 Å². The Morgan fingerprint density at radius 2 is 1.82 bits per heavy atom. The summed E-state index contributed by atoms with van der Waals surface area (Å²) in [4.78, 5) is 11.7. The van der Waals surface area contributed by atoms with Gasteiger partial charge in [0.15, 0.2) is 0 Å². The van der Waals surface area contributed by atoms with E-state index >= 15 is 0 Å². The van der Waals surface area contributed by atoms with Crippen LogP contribution in [0.5, 0.6) is 0 Å². The molecule has 0 aliphatic carbocycles. The van der Waals surface area contributed by atoms with Crippen molar-refractivity contribution in [1.82, 2.24) is 5.01 Å². The summed E-state index contributed by atoms with van der Waals surface area (Å²) in [7, 11) is -3.13. The minimum atomic E-state index is -4.62. The van der Waals surface area contributed by atoms with Crippen LogP contribution in [-0.2, 0) is 21.2 Å². The summed E-state index contributed by atoms with van der Waals surface area (Å²) in [6.07, 6.45) is -4.55. The third-order valence-corrected chi connectivity index (χ3v) is 6.03. The standard InChI is InChI=1S/C19H16ClF5N4O3S/c1-28-8-10(19(23,24)25)9-29(28)15-5-2-11(6-16(15)33(26,31)32)27-17(30)7-12-13(21)3-4-14(22)18(12)20/h2-6,9H,7-8H2,1H3,(H,27,30)(H2,26,31,32). The van der Waals surface area contributed by atoms with Crippen LogP contribution in [0.15, 0.2) is 47.0 Å². The Hall–Kier alpha value is -2.74. The highest BCUT2D eigenvalue weighted by Gasteiger charge is 2.39. The molecule has 178 valence electrons. The molecule has 0 aromatic heterocycles. The number of likely N-dealkylation sites (N-methyl/N-ethyl adjacent to an activating group) is 1. The van der Waals surface area contributed by atoms with Crippen molar-refractivity contribution in [3.8, 4) is 0 Å². The van der Waals surface area contributed by atoms with Crippen LogP contribution >= 0.6 is 11.6 Å². The fraction of sp³-hybridized carbons (Fsp3) is 0.211. The average Bonchev–Trinajstić information content (AvgIpc) is 3.09. The number of anilines is 2. The van der Waals surface area contributed by atoms with Crippen LogP contribution in [0.2, 0.25) is 5.02 Å². The lowest BCUT2D eigenvalue weighted by atomic mass is 10.1. The van der Waals surface area contributed by atoms with Gasteiger partial charge in [-0.3, -0.25) is 9.80 Å². The van der Waals surface area contributed by atoms with Crippen LogP contribution < -0.4 is 15.5 Å². The fourth-order valence-corrected chi connectivity index (χ4v) is 4.10. The van der Waals surface area contributed by atoms with Crippen LogP contribution in [-0.4, -0.2) is 39.1 Å². The number of nitrogens with one attached hydrogen (secondary N) is 1. The number of halogens is 6. The minimum Gasteiger partial charge on any atom is -0.326 e. The van der Waals surface area contributed by atoms with Gasteiger partial charge in [0.05, 0.1) is 22.7 Å². The number of nitrogens with two attached hydrogens (primary N) is 1. The van der Waals surface area contributed by atoms with Gasteiger partial charge in [-0.1, -0.05) is 11.6 Å². The highest BCUT2D eigenvalue weighted by Crippen LogP contribution is 2.36. The number of carbonyl (C=O) groups excluding carboxylic acids is 1. The molecular formula is C19H16ClF5N4O3S. The van der Waals surface area contributed by atoms with Gasteiger partial charge in [-0.25, -0.2) is 27.3 Å². The first-order chi connectivity index (χ1) is 15.2. The molecule has 0 spiro atoms. The molecule has 1 heterocycles. The van der Waals surface area contributed by atoms with Gasteiger partial charge in [0.1, 0.15) is 16.5 Å². The molecule has 1 aliphatic rings. The van der Waals surface area contributed by atoms with Crippen molar-refractivity contribution in [1.29, 1.82) is 0 Å². The average molecular weight is 511 g/mol. The maximum absolute atomic E-state index is 13.9. The molecular weight excluding hydrogens is 495 g/mol. The number of benzene rings is 2. The monoisotopic (exact) mass is 510 g/mol. The van der Waals surface area contributed by atoms with Crippen LogP contribution in [0, 0.1) is 11.6 Å². The Bertz CT molecular complexity index is 1250. The predicted molar refractivity (Wildman–Crippen MR) is 111 cm³/mol. The summed E-state index contributed by atoms with van der Waals surface area (Å²) in [5.74, 6) is -2.70. The van der Waals surface area contributed by atoms with Crippen molar-refractivity contribution in [3.63, 3.8) is 0 Å². The molecule has 0 saturated carbocycles. The van der Waals surface area contributed by atoms with Crippen LogP contribution in [0.1, 0.15) is 5.56 Å². The second-order valence-corrected chi connectivity index (χ2v) is 8.99. The molecule has 0 saturated heterocycles. The SMILES string of the molecule is CN1CC(C(F)(F)F)=CN1c1ccc(NC(=O)Cc2c(F)ccc(F)c2Cl)cc1S(N)(=O)=O. The number of hydrazine groups is 1. The van der Waals surface area contributed by atoms with Crippen LogP contribution in [0.25, 0.3) is 0 Å². The number of amides is 1. The molecule has 33 heavy (non-hydrogen) atoms. The molecule has 3 N–H and O–H groups in total. The van der Waals surface area contributed by atoms with Crippen LogP contribution in [0.4, 0.5) is 33.3 Å². The second-order valence-electron chi connectivity index (χ2n) is 7.09. The van der Waals surface area contributed by atoms with E-state index in [2.05, 4.69) is 5.32 Å². The zero-order valence-electron chi connectivity index (χ0n) is 16.8. The summed E-state index contributed by atoms with van der Waals surface area (Å²) >= 11 is 5.70. The first-order valence-corrected chi connectivity index (χ1v) is 11.0. The van der Waals surface area contributed by atoms with E-state index < -0.39 is 67.8 Å². The Balaban J connectivity index is 1.92. The van der Waals surface area contributed by atoms with Crippen molar-refractivity contribution in [3.05, 3.63) is 64.3 Å². The van der Waals surface area contributed by atoms with E-state index in [1.807, 2.05) is 0 Å². The molecule has 2 aromatic rings. The van der Waals surface area contributed by atoms with Crippen molar-refractivity contribution in [2.75, 3.05) is 23.9 Å². The Labute approximate surface area is 190 Å². The highest BCUT2D eigenvalue weighted by molar-refractivity contribution is 7.89. The zero-order valence-corrected chi connectivity index (χ0v) is 18.3. The molecule has 7 nitrogen and oxygen atoms in total. The number of alkyl halides is 3. The van der Waals surface area contributed by atoms with Crippen molar-refractivity contribution < 1.29 is 35.2 Å². The van der Waals surface area contributed by atoms with Gasteiger partial charge in [0.2, 0.25) is 15.9 Å². The molecule has 1 amide bonds. The lowest BCUT2D eigenvalue weighted by molar-refractivity contribution is -0.115. The minimum absolute atomic E-state index is 0.0948. The molecule has 2 aromatic carbocycles. The van der Waals surface area contributed by atoms with E-state index in [9.17, 15) is 35.2 Å². The fourth-order valence-electron chi connectivity index (χ4n) is 3.13. The smallest absolute Gasteiger partial charge is 0.326 e. The number of hydrogen-bond donors (Lipinski definition) is 2. The molecule has 0 unspecified atom stereocenters. The number of primary sulfonamides is 1. The van der Waals surface area contributed by atoms with Crippen molar-refractivity contribution in [2.45, 2.75) is 17.5 Å². The molecule has 0 atom stereocenters.